The van der Waals surface area contributed by atoms with Crippen LogP contribution < -0.4 is 4.74 Å². The number of para-hydroxylation sites is 1. The van der Waals surface area contributed by atoms with Crippen LogP contribution in [0.4, 0.5) is 13.2 Å². The molecular weight excluding hydrogens is 573 g/mol. The van der Waals surface area contributed by atoms with E-state index >= 15 is 0 Å². The van der Waals surface area contributed by atoms with Gasteiger partial charge in [0.1, 0.15) is 22.3 Å². The number of nitrogens with zero attached hydrogens (tertiary/aromatic N) is 4. The second kappa shape index (κ2) is 11.2. The summed E-state index contributed by atoms with van der Waals surface area (Å²) in [7, 11) is -3.72. The third kappa shape index (κ3) is 5.56. The van der Waals surface area contributed by atoms with Gasteiger partial charge in [-0.05, 0) is 67.3 Å². The van der Waals surface area contributed by atoms with Crippen molar-refractivity contribution in [2.75, 3.05) is 6.54 Å². The predicted octanol–water partition coefficient (Wildman–Crippen LogP) is 6.69. The fourth-order valence-electron chi connectivity index (χ4n) is 5.52. The van der Waals surface area contributed by atoms with Gasteiger partial charge >= 0.3 is 12.1 Å². The molecule has 0 saturated carbocycles. The summed E-state index contributed by atoms with van der Waals surface area (Å²) in [5.41, 5.74) is 1.84. The van der Waals surface area contributed by atoms with Crippen molar-refractivity contribution < 1.29 is 36.9 Å². The molecule has 224 valence electrons. The van der Waals surface area contributed by atoms with Crippen molar-refractivity contribution in [3.05, 3.63) is 82.4 Å². The Morgan fingerprint density at radius 2 is 1.90 bits per heavy atom. The highest BCUT2D eigenvalue weighted by Gasteiger charge is 2.38. The van der Waals surface area contributed by atoms with Crippen molar-refractivity contribution in [1.82, 2.24) is 19.3 Å². The number of carboxylic acids is 1. The molecule has 13 heteroatoms. The summed E-state index contributed by atoms with van der Waals surface area (Å²) in [4.78, 5) is 12.1. The molecule has 0 aliphatic carbocycles. The number of carboxylic acid groups (broad SMARTS) is 1. The van der Waals surface area contributed by atoms with Crippen molar-refractivity contribution in [1.29, 1.82) is 0 Å². The van der Waals surface area contributed by atoms with Crippen LogP contribution in [0.25, 0.3) is 11.0 Å². The number of rotatable bonds is 7. The molecule has 4 aromatic rings. The molecule has 1 aliphatic rings. The topological polar surface area (TPSA) is 121 Å². The maximum atomic E-state index is 14.3. The van der Waals surface area contributed by atoms with E-state index in [4.69, 9.17) is 4.74 Å². The van der Waals surface area contributed by atoms with Gasteiger partial charge in [-0.25, -0.2) is 4.68 Å². The largest absolute Gasteiger partial charge is 0.487 e. The molecule has 2 atom stereocenters. The van der Waals surface area contributed by atoms with E-state index in [2.05, 4.69) is 10.3 Å². The molecule has 5 rings (SSSR count). The first-order valence-electron chi connectivity index (χ1n) is 13.3. The maximum absolute atomic E-state index is 14.3. The van der Waals surface area contributed by atoms with Crippen LogP contribution in [0.5, 0.6) is 5.75 Å². The van der Waals surface area contributed by atoms with E-state index in [1.165, 1.54) is 22.5 Å². The van der Waals surface area contributed by atoms with Crippen LogP contribution in [0.3, 0.4) is 0 Å². The maximum Gasteiger partial charge on any atom is 0.416 e. The minimum Gasteiger partial charge on any atom is -0.487 e. The first kappa shape index (κ1) is 29.8. The van der Waals surface area contributed by atoms with Gasteiger partial charge < -0.3 is 9.84 Å². The molecule has 0 spiro atoms. The Balaban J connectivity index is 1.62. The van der Waals surface area contributed by atoms with Gasteiger partial charge in [0.05, 0.1) is 24.0 Å². The summed E-state index contributed by atoms with van der Waals surface area (Å²) >= 11 is 0. The highest BCUT2D eigenvalue weighted by atomic mass is 32.3. The number of hydrogen-bond acceptors (Lipinski definition) is 7. The molecular formula is C29H31F3N4O5S. The molecule has 9 nitrogen and oxygen atoms in total. The second-order valence-electron chi connectivity index (χ2n) is 10.3. The number of fused-ring (bicyclic) bond motifs is 2. The van der Waals surface area contributed by atoms with Crippen molar-refractivity contribution in [3.63, 3.8) is 0 Å². The lowest BCUT2D eigenvalue weighted by Crippen LogP contribution is -2.34. The molecule has 1 aromatic heterocycles. The number of aryl methyl sites for hydroxylation is 2. The summed E-state index contributed by atoms with van der Waals surface area (Å²) in [5, 5.41) is 18.2. The van der Waals surface area contributed by atoms with E-state index in [0.717, 1.165) is 11.6 Å². The van der Waals surface area contributed by atoms with Crippen LogP contribution in [0, 0.1) is 6.92 Å². The Labute approximate surface area is 242 Å². The average Bonchev–Trinajstić information content (AvgIpc) is 3.32. The predicted molar refractivity (Wildman–Crippen MR) is 152 cm³/mol. The Morgan fingerprint density at radius 3 is 2.60 bits per heavy atom. The van der Waals surface area contributed by atoms with E-state index in [0.29, 0.717) is 28.8 Å². The minimum absolute atomic E-state index is 0.0556. The number of hydrogen-bond donors (Lipinski definition) is 3. The number of carbonyl (C=O) groups is 1. The molecule has 0 amide bonds. The van der Waals surface area contributed by atoms with Crippen molar-refractivity contribution in [2.24, 2.45) is 0 Å². The van der Waals surface area contributed by atoms with E-state index in [1.807, 2.05) is 6.92 Å². The number of alkyl halides is 3. The number of aromatic nitrogens is 3. The lowest BCUT2D eigenvalue weighted by molar-refractivity contribution is -0.139. The Hall–Kier alpha value is -3.65. The molecule has 0 radical (unpaired) electrons. The Kier molecular flexibility index (Phi) is 7.96. The molecule has 3 N–H and O–H groups in total. The quantitative estimate of drug-likeness (QED) is 0.213. The second-order valence-corrected chi connectivity index (χ2v) is 12.3. The van der Waals surface area contributed by atoms with E-state index in [-0.39, 0.29) is 29.2 Å². The fourth-order valence-corrected chi connectivity index (χ4v) is 7.18. The van der Waals surface area contributed by atoms with Crippen LogP contribution in [0.1, 0.15) is 54.0 Å². The highest BCUT2D eigenvalue weighted by molar-refractivity contribution is 8.22. The molecule has 42 heavy (non-hydrogen) atoms. The lowest BCUT2D eigenvalue weighted by Gasteiger charge is -2.42. The van der Waals surface area contributed by atoms with E-state index in [9.17, 15) is 32.2 Å². The zero-order chi connectivity index (χ0) is 30.4. The van der Waals surface area contributed by atoms with E-state index in [1.54, 1.807) is 48.9 Å². The molecule has 0 fully saturated rings. The normalized spacial score (nSPS) is 18.6. The van der Waals surface area contributed by atoms with Gasteiger partial charge in [-0.3, -0.25) is 13.9 Å². The summed E-state index contributed by atoms with van der Waals surface area (Å²) in [5.74, 6) is -1.67. The zero-order valence-corrected chi connectivity index (χ0v) is 24.0. The summed E-state index contributed by atoms with van der Waals surface area (Å²) < 4.78 is 74.1. The fraction of sp³-hybridized carbons (Fsp3) is 0.345. The molecule has 1 aliphatic heterocycles. The van der Waals surface area contributed by atoms with E-state index < -0.39 is 47.1 Å². The number of benzene rings is 3. The molecule has 0 saturated heterocycles. The van der Waals surface area contributed by atoms with Gasteiger partial charge in [0, 0.05) is 19.0 Å². The van der Waals surface area contributed by atoms with Crippen LogP contribution in [-0.4, -0.2) is 52.1 Å². The third-order valence-corrected chi connectivity index (χ3v) is 9.44. The van der Waals surface area contributed by atoms with Crippen LogP contribution in [-0.2, 0) is 24.1 Å². The molecule has 1 unspecified atom stereocenters. The summed E-state index contributed by atoms with van der Waals surface area (Å²) in [6.45, 7) is 5.47. The van der Waals surface area contributed by atoms with Crippen molar-refractivity contribution in [3.8, 4) is 5.75 Å². The Bertz CT molecular complexity index is 1640. The highest BCUT2D eigenvalue weighted by Crippen LogP contribution is 2.57. The molecule has 3 aromatic carbocycles. The number of ether oxygens (including phenoxy) is 1. The first-order chi connectivity index (χ1) is 19.8. The molecule has 2 heterocycles. The van der Waals surface area contributed by atoms with Gasteiger partial charge in [0.2, 0.25) is 0 Å². The summed E-state index contributed by atoms with van der Waals surface area (Å²) in [6.07, 6.45) is -5.67. The average molecular weight is 605 g/mol. The van der Waals surface area contributed by atoms with Crippen molar-refractivity contribution >= 4 is 27.8 Å². The SMILES string of the molecule is CCn1nnc2c(C)c(C(CC(=O)O)c3ccc(C(F)(F)F)c(CN4C[C@@H](C)Oc5ccccc5S4(O)O)c3)ccc21. The molecule has 0 bridgehead atoms. The van der Waals surface area contributed by atoms with Crippen LogP contribution in [0.2, 0.25) is 0 Å². The standard InChI is InChI=1S/C29H31F3N4O5S/c1-4-36-24-12-10-21(18(3)28(24)33-34-36)22(14-27(37)38)19-9-11-23(29(30,31)32)20(13-19)16-35-15-17(2)41-25-7-5-6-8-26(25)42(35,39)40/h5-13,17,22,39-40H,4,14-16H2,1-3H3,(H,37,38)/t17-,22?/m1/s1. The van der Waals surface area contributed by atoms with Gasteiger partial charge in [-0.1, -0.05) is 35.5 Å². The van der Waals surface area contributed by atoms with Gasteiger partial charge in [0.25, 0.3) is 0 Å². The van der Waals surface area contributed by atoms with Gasteiger partial charge in [0.15, 0.2) is 0 Å². The third-order valence-electron chi connectivity index (χ3n) is 7.51. The van der Waals surface area contributed by atoms with Gasteiger partial charge in [-0.2, -0.15) is 17.5 Å². The number of halogens is 3. The smallest absolute Gasteiger partial charge is 0.416 e. The first-order valence-corrected chi connectivity index (χ1v) is 14.8. The number of aliphatic carboxylic acids is 1. The Morgan fingerprint density at radius 1 is 1.17 bits per heavy atom. The van der Waals surface area contributed by atoms with Crippen molar-refractivity contribution in [2.45, 2.75) is 63.4 Å². The monoisotopic (exact) mass is 604 g/mol. The summed E-state index contributed by atoms with van der Waals surface area (Å²) in [6, 6.07) is 13.4. The zero-order valence-electron chi connectivity index (χ0n) is 23.2. The lowest BCUT2D eigenvalue weighted by atomic mass is 9.84. The van der Waals surface area contributed by atoms with Crippen LogP contribution >= 0.6 is 10.8 Å². The minimum atomic E-state index is -4.74. The van der Waals surface area contributed by atoms with Crippen LogP contribution in [0.15, 0.2) is 59.5 Å². The van der Waals surface area contributed by atoms with Gasteiger partial charge in [-0.15, -0.1) is 15.9 Å².